The smallest absolute Gasteiger partial charge is 0.335 e. The number of carboxylic acids is 1. The number of rotatable bonds is 12. The number of aromatic carboxylic acids is 1. The van der Waals surface area contributed by atoms with Crippen LogP contribution in [-0.2, 0) is 24.4 Å². The SMILES string of the molecule is COc1cc(C(=O)C(C)C)ccc1COc1cccc(C2CCN(Cc3nc4ccc(C(=O)O)cc4n3C[C@@H]3CCO3)CC2)n1. The number of Topliss-reactive ketones (excluding diaryl/α,β-unsaturated/α-hetero) is 1. The summed E-state index contributed by atoms with van der Waals surface area (Å²) < 4.78 is 19.5. The number of imidazole rings is 1. The maximum absolute atomic E-state index is 12.4. The summed E-state index contributed by atoms with van der Waals surface area (Å²) in [6.07, 6.45) is 3.06. The summed E-state index contributed by atoms with van der Waals surface area (Å²) in [6.45, 7) is 8.00. The normalized spacial score (nSPS) is 17.4. The van der Waals surface area contributed by atoms with E-state index in [0.717, 1.165) is 67.1 Å². The van der Waals surface area contributed by atoms with Crippen molar-refractivity contribution in [3.8, 4) is 11.6 Å². The Labute approximate surface area is 262 Å². The molecule has 1 N–H and O–H groups in total. The quantitative estimate of drug-likeness (QED) is 0.200. The van der Waals surface area contributed by atoms with Crippen LogP contribution in [0.15, 0.2) is 54.6 Å². The number of likely N-dealkylation sites (tertiary alicyclic amines) is 1. The molecule has 6 rings (SSSR count). The van der Waals surface area contributed by atoms with E-state index in [1.54, 1.807) is 31.4 Å². The number of ketones is 1. The van der Waals surface area contributed by atoms with Crippen LogP contribution >= 0.6 is 0 Å². The largest absolute Gasteiger partial charge is 0.496 e. The Morgan fingerprint density at radius 2 is 1.80 bits per heavy atom. The Bertz CT molecular complexity index is 1690. The Morgan fingerprint density at radius 3 is 2.49 bits per heavy atom. The fourth-order valence-corrected chi connectivity index (χ4v) is 6.09. The highest BCUT2D eigenvalue weighted by Crippen LogP contribution is 2.30. The highest BCUT2D eigenvalue weighted by Gasteiger charge is 2.26. The van der Waals surface area contributed by atoms with Crippen molar-refractivity contribution < 1.29 is 28.9 Å². The maximum atomic E-state index is 12.4. The summed E-state index contributed by atoms with van der Waals surface area (Å²) >= 11 is 0. The molecule has 4 aromatic rings. The number of hydrogen-bond acceptors (Lipinski definition) is 8. The lowest BCUT2D eigenvalue weighted by atomic mass is 9.93. The molecule has 2 aliphatic rings. The zero-order chi connectivity index (χ0) is 31.5. The van der Waals surface area contributed by atoms with Gasteiger partial charge in [0.15, 0.2) is 5.78 Å². The van der Waals surface area contributed by atoms with Gasteiger partial charge < -0.3 is 23.9 Å². The number of carboxylic acid groups (broad SMARTS) is 1. The summed E-state index contributed by atoms with van der Waals surface area (Å²) in [4.78, 5) is 36.2. The lowest BCUT2D eigenvalue weighted by molar-refractivity contribution is -0.0592. The molecule has 10 heteroatoms. The van der Waals surface area contributed by atoms with E-state index in [1.807, 2.05) is 38.1 Å². The van der Waals surface area contributed by atoms with Crippen molar-refractivity contribution in [2.75, 3.05) is 26.8 Å². The Hall–Kier alpha value is -4.28. The van der Waals surface area contributed by atoms with Gasteiger partial charge in [-0.1, -0.05) is 32.0 Å². The number of ether oxygens (including phenoxy) is 3. The van der Waals surface area contributed by atoms with Gasteiger partial charge >= 0.3 is 5.97 Å². The molecule has 10 nitrogen and oxygen atoms in total. The fraction of sp³-hybridized carbons (Fsp3) is 0.429. The lowest BCUT2D eigenvalue weighted by Crippen LogP contribution is -2.35. The highest BCUT2D eigenvalue weighted by atomic mass is 16.5. The van der Waals surface area contributed by atoms with E-state index in [1.165, 1.54) is 0 Å². The summed E-state index contributed by atoms with van der Waals surface area (Å²) in [5, 5.41) is 9.53. The van der Waals surface area contributed by atoms with Gasteiger partial charge in [-0.2, -0.15) is 0 Å². The van der Waals surface area contributed by atoms with E-state index >= 15 is 0 Å². The van der Waals surface area contributed by atoms with Crippen molar-refractivity contribution in [2.24, 2.45) is 5.92 Å². The molecule has 0 spiro atoms. The van der Waals surface area contributed by atoms with Crippen LogP contribution in [0.1, 0.15) is 76.8 Å². The highest BCUT2D eigenvalue weighted by molar-refractivity contribution is 5.97. The van der Waals surface area contributed by atoms with Crippen LogP contribution in [0.5, 0.6) is 11.6 Å². The number of carbonyl (C=O) groups excluding carboxylic acids is 1. The molecular weight excluding hydrogens is 572 g/mol. The van der Waals surface area contributed by atoms with Crippen LogP contribution in [0, 0.1) is 5.92 Å². The number of benzene rings is 2. The number of nitrogens with zero attached hydrogens (tertiary/aromatic N) is 4. The van der Waals surface area contributed by atoms with Crippen molar-refractivity contribution in [1.82, 2.24) is 19.4 Å². The second-order valence-electron chi connectivity index (χ2n) is 12.2. The van der Waals surface area contributed by atoms with E-state index < -0.39 is 5.97 Å². The first-order chi connectivity index (χ1) is 21.8. The summed E-state index contributed by atoms with van der Waals surface area (Å²) in [5.74, 6) is 1.50. The number of carbonyl (C=O) groups is 2. The second kappa shape index (κ2) is 13.4. The first kappa shape index (κ1) is 30.7. The topological polar surface area (TPSA) is 116 Å². The van der Waals surface area contributed by atoms with Crippen molar-refractivity contribution in [3.63, 3.8) is 0 Å². The molecule has 2 aromatic carbocycles. The lowest BCUT2D eigenvalue weighted by Gasteiger charge is -2.32. The van der Waals surface area contributed by atoms with Gasteiger partial charge in [-0.25, -0.2) is 14.8 Å². The molecule has 2 fully saturated rings. The molecule has 2 aliphatic heterocycles. The number of piperidine rings is 1. The van der Waals surface area contributed by atoms with Crippen molar-refractivity contribution in [2.45, 2.75) is 64.8 Å². The van der Waals surface area contributed by atoms with Gasteiger partial charge in [0.1, 0.15) is 18.2 Å². The third-order valence-corrected chi connectivity index (χ3v) is 8.84. The van der Waals surface area contributed by atoms with Crippen molar-refractivity contribution in [3.05, 3.63) is 82.8 Å². The average molecular weight is 613 g/mol. The van der Waals surface area contributed by atoms with Gasteiger partial charge in [-0.15, -0.1) is 0 Å². The van der Waals surface area contributed by atoms with E-state index in [0.29, 0.717) is 36.2 Å². The third-order valence-electron chi connectivity index (χ3n) is 8.84. The van der Waals surface area contributed by atoms with Crippen molar-refractivity contribution in [1.29, 1.82) is 0 Å². The minimum Gasteiger partial charge on any atom is -0.496 e. The molecule has 0 radical (unpaired) electrons. The Kier molecular flexibility index (Phi) is 9.14. The predicted molar refractivity (Wildman–Crippen MR) is 169 cm³/mol. The number of aromatic nitrogens is 3. The first-order valence-electron chi connectivity index (χ1n) is 15.7. The van der Waals surface area contributed by atoms with Gasteiger partial charge in [0.05, 0.1) is 42.9 Å². The van der Waals surface area contributed by atoms with Crippen LogP contribution < -0.4 is 9.47 Å². The van der Waals surface area contributed by atoms with Crippen LogP contribution in [0.3, 0.4) is 0 Å². The van der Waals surface area contributed by atoms with Gasteiger partial charge in [0, 0.05) is 41.3 Å². The first-order valence-corrected chi connectivity index (χ1v) is 15.7. The van der Waals surface area contributed by atoms with E-state index in [9.17, 15) is 14.7 Å². The minimum atomic E-state index is -0.940. The molecule has 4 heterocycles. The van der Waals surface area contributed by atoms with Crippen molar-refractivity contribution >= 4 is 22.8 Å². The van der Waals surface area contributed by atoms with Crippen LogP contribution in [0.25, 0.3) is 11.0 Å². The number of methoxy groups -OCH3 is 1. The summed E-state index contributed by atoms with van der Waals surface area (Å²) in [7, 11) is 1.60. The summed E-state index contributed by atoms with van der Waals surface area (Å²) in [6, 6.07) is 16.5. The number of fused-ring (bicyclic) bond motifs is 1. The van der Waals surface area contributed by atoms with Gasteiger partial charge in [0.25, 0.3) is 0 Å². The maximum Gasteiger partial charge on any atom is 0.335 e. The molecular formula is C35H40N4O6. The molecule has 0 amide bonds. The molecule has 236 valence electrons. The molecule has 2 aromatic heterocycles. The average Bonchev–Trinajstić information content (AvgIpc) is 3.37. The van der Waals surface area contributed by atoms with Crippen LogP contribution in [0.2, 0.25) is 0 Å². The summed E-state index contributed by atoms with van der Waals surface area (Å²) in [5.41, 5.74) is 4.42. The molecule has 2 saturated heterocycles. The number of pyridine rings is 1. The zero-order valence-electron chi connectivity index (χ0n) is 26.1. The molecule has 1 atom stereocenters. The predicted octanol–water partition coefficient (Wildman–Crippen LogP) is 5.72. The van der Waals surface area contributed by atoms with E-state index in [-0.39, 0.29) is 30.0 Å². The molecule has 0 unspecified atom stereocenters. The molecule has 0 saturated carbocycles. The van der Waals surface area contributed by atoms with Gasteiger partial charge in [0.2, 0.25) is 5.88 Å². The fourth-order valence-electron chi connectivity index (χ4n) is 6.09. The van der Waals surface area contributed by atoms with Crippen LogP contribution in [0.4, 0.5) is 0 Å². The molecule has 0 aliphatic carbocycles. The zero-order valence-corrected chi connectivity index (χ0v) is 26.1. The standard InChI is InChI=1S/C35H40N4O6/c1-22(2)34(40)24-7-8-26(31(18-24)43-3)21-45-33-6-4-5-28(37-33)23-11-14-38(15-12-23)20-32-36-29-10-9-25(35(41)42)17-30(29)39(32)19-27-13-16-44-27/h4-10,17-18,22-23,27H,11-16,19-21H2,1-3H3,(H,41,42)/t27-/m0/s1. The monoisotopic (exact) mass is 612 g/mol. The van der Waals surface area contributed by atoms with E-state index in [2.05, 4.69) is 15.5 Å². The Morgan fingerprint density at radius 1 is 1.02 bits per heavy atom. The molecule has 45 heavy (non-hydrogen) atoms. The molecule has 0 bridgehead atoms. The van der Waals surface area contributed by atoms with E-state index in [4.69, 9.17) is 24.2 Å². The third kappa shape index (κ3) is 6.87. The minimum absolute atomic E-state index is 0.0810. The Balaban J connectivity index is 1.09. The van der Waals surface area contributed by atoms with Gasteiger partial charge in [-0.3, -0.25) is 9.69 Å². The van der Waals surface area contributed by atoms with Crippen LogP contribution in [-0.4, -0.2) is 69.2 Å². The number of hydrogen-bond donors (Lipinski definition) is 1. The second-order valence-corrected chi connectivity index (χ2v) is 12.2. The van der Waals surface area contributed by atoms with Gasteiger partial charge in [-0.05, 0) is 62.7 Å².